The van der Waals surface area contributed by atoms with Crippen molar-refractivity contribution in [3.63, 3.8) is 0 Å². The van der Waals surface area contributed by atoms with Crippen LogP contribution < -0.4 is 0 Å². The van der Waals surface area contributed by atoms with Crippen molar-refractivity contribution in [3.05, 3.63) is 0 Å². The summed E-state index contributed by atoms with van der Waals surface area (Å²) in [5, 5.41) is 9.54. The fourth-order valence-corrected chi connectivity index (χ4v) is 1.33. The van der Waals surface area contributed by atoms with Gasteiger partial charge in [0.15, 0.2) is 6.23 Å². The lowest BCUT2D eigenvalue weighted by Crippen LogP contribution is -2.51. The Balaban J connectivity index is 0. The summed E-state index contributed by atoms with van der Waals surface area (Å²) in [5.41, 5.74) is 0. The lowest BCUT2D eigenvalue weighted by molar-refractivity contribution is -0.950. The van der Waals surface area contributed by atoms with Crippen molar-refractivity contribution < 1.29 is 27.1 Å². The first-order valence-corrected chi connectivity index (χ1v) is 7.18. The topological polar surface area (TPSA) is 94.8 Å². The monoisotopic (exact) mass is 272 g/mol. The molecule has 2 atom stereocenters. The van der Waals surface area contributed by atoms with E-state index in [0.29, 0.717) is 0 Å². The number of unbranched alkanes of at least 4 members (excludes halogenated alkanes) is 2. The Bertz CT molecular complexity index is 270. The second-order valence-corrected chi connectivity index (χ2v) is 5.20. The summed E-state index contributed by atoms with van der Waals surface area (Å²) >= 11 is 0. The van der Waals surface area contributed by atoms with E-state index in [0.717, 1.165) is 17.6 Å². The molecule has 0 saturated carbocycles. The number of hydrogen-bond acceptors (Lipinski definition) is 3. The molecule has 0 fully saturated rings. The van der Waals surface area contributed by atoms with Gasteiger partial charge in [0, 0.05) is 6.92 Å². The van der Waals surface area contributed by atoms with Crippen LogP contribution in [0.1, 0.15) is 40.0 Å². The standard InChI is InChI=1S/C10H24NO.H2O4S/c1-5-7-8-9-11(4,6-2)10(3)12;1-5(2,3)4/h10,12H,5-9H2,1-4H3;(H2,1,2,3,4)/q+1;. The third-order valence-corrected chi connectivity index (χ3v) is 2.90. The molecule has 0 aliphatic heterocycles. The maximum Gasteiger partial charge on any atom is 0.394 e. The highest BCUT2D eigenvalue weighted by molar-refractivity contribution is 7.79. The zero-order chi connectivity index (χ0) is 14.1. The highest BCUT2D eigenvalue weighted by Gasteiger charge is 2.23. The van der Waals surface area contributed by atoms with Crippen LogP contribution in [0, 0.1) is 0 Å². The second kappa shape index (κ2) is 8.82. The van der Waals surface area contributed by atoms with Crippen LogP contribution in [0.2, 0.25) is 0 Å². The van der Waals surface area contributed by atoms with Crippen LogP contribution in [0.3, 0.4) is 0 Å². The van der Waals surface area contributed by atoms with Crippen LogP contribution >= 0.6 is 0 Å². The smallest absolute Gasteiger partial charge is 0.345 e. The SMILES string of the molecule is CCCCC[N+](C)(CC)C(C)O.O=S(=O)(O)O. The van der Waals surface area contributed by atoms with Gasteiger partial charge in [-0.2, -0.15) is 8.42 Å². The molecule has 2 unspecified atom stereocenters. The van der Waals surface area contributed by atoms with Gasteiger partial charge in [-0.15, -0.1) is 0 Å². The number of aliphatic hydroxyl groups is 1. The van der Waals surface area contributed by atoms with Gasteiger partial charge >= 0.3 is 10.4 Å². The van der Waals surface area contributed by atoms with Gasteiger partial charge in [0.05, 0.1) is 20.1 Å². The summed E-state index contributed by atoms with van der Waals surface area (Å²) < 4.78 is 32.4. The van der Waals surface area contributed by atoms with E-state index < -0.39 is 10.4 Å². The Morgan fingerprint density at radius 2 is 1.59 bits per heavy atom. The minimum atomic E-state index is -4.67. The minimum Gasteiger partial charge on any atom is -0.345 e. The molecule has 0 amide bonds. The molecule has 17 heavy (non-hydrogen) atoms. The molecule has 6 nitrogen and oxygen atoms in total. The van der Waals surface area contributed by atoms with E-state index in [4.69, 9.17) is 17.5 Å². The molecule has 0 rings (SSSR count). The first kappa shape index (κ1) is 19.1. The molecule has 0 aromatic heterocycles. The Kier molecular flexibility index (Phi) is 9.93. The van der Waals surface area contributed by atoms with E-state index in [1.807, 2.05) is 6.92 Å². The van der Waals surface area contributed by atoms with Gasteiger partial charge in [0.2, 0.25) is 0 Å². The number of rotatable bonds is 6. The summed E-state index contributed by atoms with van der Waals surface area (Å²) in [6.07, 6.45) is 3.53. The molecule has 0 bridgehead atoms. The quantitative estimate of drug-likeness (QED) is 0.293. The van der Waals surface area contributed by atoms with Gasteiger partial charge < -0.3 is 9.59 Å². The lowest BCUT2D eigenvalue weighted by atomic mass is 10.2. The van der Waals surface area contributed by atoms with Crippen LogP contribution in [-0.4, -0.2) is 53.5 Å². The molecule has 0 aliphatic carbocycles. The van der Waals surface area contributed by atoms with Gasteiger partial charge in [-0.1, -0.05) is 13.3 Å². The van der Waals surface area contributed by atoms with Crippen molar-refractivity contribution >= 4 is 10.4 Å². The largest absolute Gasteiger partial charge is 0.394 e. The highest BCUT2D eigenvalue weighted by atomic mass is 32.3. The van der Waals surface area contributed by atoms with E-state index >= 15 is 0 Å². The molecule has 0 saturated heterocycles. The van der Waals surface area contributed by atoms with Crippen molar-refractivity contribution in [1.82, 2.24) is 0 Å². The van der Waals surface area contributed by atoms with E-state index in [1.54, 1.807) is 0 Å². The molecule has 106 valence electrons. The molecule has 0 radical (unpaired) electrons. The lowest BCUT2D eigenvalue weighted by Gasteiger charge is -2.36. The molecular weight excluding hydrogens is 246 g/mol. The Labute approximate surface area is 104 Å². The first-order chi connectivity index (χ1) is 7.56. The van der Waals surface area contributed by atoms with Crippen molar-refractivity contribution in [2.75, 3.05) is 20.1 Å². The molecular formula is C10H26NO5S+. The maximum atomic E-state index is 9.54. The summed E-state index contributed by atoms with van der Waals surface area (Å²) in [5.74, 6) is 0. The zero-order valence-corrected chi connectivity index (χ0v) is 11.9. The average Bonchev–Trinajstić information content (AvgIpc) is 2.15. The number of hydrogen-bond donors (Lipinski definition) is 3. The van der Waals surface area contributed by atoms with Crippen LogP contribution in [0.5, 0.6) is 0 Å². The van der Waals surface area contributed by atoms with Gasteiger partial charge in [-0.05, 0) is 19.8 Å². The molecule has 0 aromatic rings. The molecule has 7 heteroatoms. The highest BCUT2D eigenvalue weighted by Crippen LogP contribution is 2.10. The summed E-state index contributed by atoms with van der Waals surface area (Å²) in [6, 6.07) is 0. The van der Waals surface area contributed by atoms with Crippen molar-refractivity contribution in [2.24, 2.45) is 0 Å². The Hall–Kier alpha value is -0.210. The predicted octanol–water partition coefficient (Wildman–Crippen LogP) is 1.33. The van der Waals surface area contributed by atoms with E-state index in [1.165, 1.54) is 19.3 Å². The minimum absolute atomic E-state index is 0.230. The maximum absolute atomic E-state index is 9.54. The first-order valence-electron chi connectivity index (χ1n) is 5.79. The van der Waals surface area contributed by atoms with Crippen LogP contribution in [-0.2, 0) is 10.4 Å². The third kappa shape index (κ3) is 13.7. The van der Waals surface area contributed by atoms with Gasteiger partial charge in [-0.25, -0.2) is 0 Å². The van der Waals surface area contributed by atoms with Crippen LogP contribution in [0.4, 0.5) is 0 Å². The molecule has 0 aliphatic rings. The Morgan fingerprint density at radius 1 is 1.18 bits per heavy atom. The van der Waals surface area contributed by atoms with Crippen molar-refractivity contribution in [2.45, 2.75) is 46.3 Å². The predicted molar refractivity (Wildman–Crippen MR) is 67.0 cm³/mol. The zero-order valence-electron chi connectivity index (χ0n) is 11.1. The van der Waals surface area contributed by atoms with Crippen LogP contribution in [0.25, 0.3) is 0 Å². The molecule has 0 heterocycles. The Morgan fingerprint density at radius 3 is 1.82 bits per heavy atom. The van der Waals surface area contributed by atoms with E-state index in [-0.39, 0.29) is 6.23 Å². The number of nitrogens with zero attached hydrogens (tertiary/aromatic N) is 1. The fraction of sp³-hybridized carbons (Fsp3) is 1.00. The fourth-order valence-electron chi connectivity index (χ4n) is 1.33. The van der Waals surface area contributed by atoms with E-state index in [2.05, 4.69) is 20.9 Å². The van der Waals surface area contributed by atoms with Gasteiger partial charge in [0.25, 0.3) is 0 Å². The third-order valence-electron chi connectivity index (χ3n) is 2.90. The molecule has 0 aromatic carbocycles. The summed E-state index contributed by atoms with van der Waals surface area (Å²) in [4.78, 5) is 0. The summed E-state index contributed by atoms with van der Waals surface area (Å²) in [6.45, 7) is 8.34. The van der Waals surface area contributed by atoms with Crippen molar-refractivity contribution in [1.29, 1.82) is 0 Å². The number of aliphatic hydroxyl groups excluding tert-OH is 1. The average molecular weight is 272 g/mol. The van der Waals surface area contributed by atoms with Crippen LogP contribution in [0.15, 0.2) is 0 Å². The molecule has 0 spiro atoms. The van der Waals surface area contributed by atoms with E-state index in [9.17, 15) is 5.11 Å². The number of quaternary nitrogens is 1. The van der Waals surface area contributed by atoms with Gasteiger partial charge in [0.1, 0.15) is 0 Å². The molecule has 3 N–H and O–H groups in total. The van der Waals surface area contributed by atoms with Gasteiger partial charge in [-0.3, -0.25) is 9.11 Å². The summed E-state index contributed by atoms with van der Waals surface area (Å²) in [7, 11) is -2.54. The second-order valence-electron chi connectivity index (χ2n) is 4.31. The normalized spacial score (nSPS) is 16.6. The van der Waals surface area contributed by atoms with Crippen molar-refractivity contribution in [3.8, 4) is 0 Å².